The first-order valence-corrected chi connectivity index (χ1v) is 5.27. The molecule has 0 amide bonds. The minimum absolute atomic E-state index is 0.197. The maximum atomic E-state index is 7.70. The summed E-state index contributed by atoms with van der Waals surface area (Å²) in [6.45, 7) is 0. The van der Waals surface area contributed by atoms with Crippen LogP contribution in [0.2, 0.25) is 10.0 Å². The van der Waals surface area contributed by atoms with Gasteiger partial charge in [0.25, 0.3) is 0 Å². The molecule has 2 N–H and O–H groups in total. The Kier molecular flexibility index (Phi) is 4.51. The highest BCUT2D eigenvalue weighted by Crippen LogP contribution is 2.23. The van der Waals surface area contributed by atoms with Gasteiger partial charge in [0.1, 0.15) is 5.50 Å². The zero-order chi connectivity index (χ0) is 11.4. The van der Waals surface area contributed by atoms with E-state index >= 15 is 0 Å². The van der Waals surface area contributed by atoms with Crippen LogP contribution < -0.4 is 0 Å². The van der Waals surface area contributed by atoms with E-state index in [2.05, 4.69) is 5.11 Å². The molecule has 0 saturated carbocycles. The predicted octanol–water partition coefficient (Wildman–Crippen LogP) is 4.35. The summed E-state index contributed by atoms with van der Waals surface area (Å²) in [7, 11) is 0. The van der Waals surface area contributed by atoms with Gasteiger partial charge in [-0.15, -0.1) is 0 Å². The number of hydrogen-bond donors (Lipinski definition) is 2. The van der Waals surface area contributed by atoms with E-state index in [0.29, 0.717) is 15.6 Å². The Hall–Kier alpha value is -0.640. The fourth-order valence-electron chi connectivity index (χ4n) is 1.02. The van der Waals surface area contributed by atoms with E-state index in [1.54, 1.807) is 18.2 Å². The van der Waals surface area contributed by atoms with Gasteiger partial charge in [-0.05, 0) is 17.7 Å². The van der Waals surface area contributed by atoms with Gasteiger partial charge in [0, 0.05) is 12.1 Å². The van der Waals surface area contributed by atoms with Crippen molar-refractivity contribution in [3.63, 3.8) is 0 Å². The molecule has 1 atom stereocenters. The Morgan fingerprint density at radius 1 is 1.33 bits per heavy atom. The first-order chi connectivity index (χ1) is 7.04. The first-order valence-electron chi connectivity index (χ1n) is 4.08. The minimum atomic E-state index is -0.702. The molecule has 6 heteroatoms. The Morgan fingerprint density at radius 3 is 2.53 bits per heavy atom. The second-order valence-corrected chi connectivity index (χ2v) is 4.19. The van der Waals surface area contributed by atoms with Crippen molar-refractivity contribution in [1.82, 2.24) is 0 Å². The second-order valence-electron chi connectivity index (χ2n) is 2.88. The predicted molar refractivity (Wildman–Crippen MR) is 62.7 cm³/mol. The zero-order valence-corrected chi connectivity index (χ0v) is 9.87. The van der Waals surface area contributed by atoms with Crippen LogP contribution in [0.5, 0.6) is 0 Å². The normalized spacial score (nSPS) is 12.2. The Morgan fingerprint density at radius 2 is 2.00 bits per heavy atom. The van der Waals surface area contributed by atoms with E-state index < -0.39 is 5.50 Å². The largest absolute Gasteiger partial charge is 0.305 e. The van der Waals surface area contributed by atoms with Gasteiger partial charge in [0.2, 0.25) is 0 Å². The van der Waals surface area contributed by atoms with E-state index in [1.807, 2.05) is 0 Å². The molecule has 0 heterocycles. The Balaban J connectivity index is 2.83. The van der Waals surface area contributed by atoms with E-state index in [0.717, 1.165) is 0 Å². The lowest BCUT2D eigenvalue weighted by Gasteiger charge is -2.06. The van der Waals surface area contributed by atoms with Crippen LogP contribution in [-0.4, -0.2) is 11.2 Å². The van der Waals surface area contributed by atoms with Gasteiger partial charge < -0.3 is 5.41 Å². The maximum Gasteiger partial charge on any atom is 0.149 e. The Labute approximate surface area is 102 Å². The van der Waals surface area contributed by atoms with Crippen molar-refractivity contribution in [1.29, 1.82) is 10.9 Å². The van der Waals surface area contributed by atoms with Crippen LogP contribution in [-0.2, 0) is 0 Å². The quantitative estimate of drug-likeness (QED) is 0.352. The molecule has 0 aromatic heterocycles. The summed E-state index contributed by atoms with van der Waals surface area (Å²) in [5.74, 6) is 0. The molecule has 1 unspecified atom stereocenters. The molecule has 80 valence electrons. The van der Waals surface area contributed by atoms with Crippen LogP contribution in [0.3, 0.4) is 0 Å². The van der Waals surface area contributed by atoms with Crippen molar-refractivity contribution in [3.05, 3.63) is 33.8 Å². The molecule has 3 nitrogen and oxygen atoms in total. The van der Waals surface area contributed by atoms with E-state index in [9.17, 15) is 0 Å². The van der Waals surface area contributed by atoms with E-state index in [1.165, 1.54) is 0 Å². The number of alkyl halides is 1. The number of nitrogens with one attached hydrogen (secondary N) is 2. The maximum absolute atomic E-state index is 7.70. The van der Waals surface area contributed by atoms with Gasteiger partial charge in [-0.1, -0.05) is 40.9 Å². The van der Waals surface area contributed by atoms with Crippen LogP contribution in [0, 0.1) is 10.9 Å². The van der Waals surface area contributed by atoms with Crippen LogP contribution in [0.1, 0.15) is 12.0 Å². The summed E-state index contributed by atoms with van der Waals surface area (Å²) < 4.78 is 0. The topological polar surface area (TPSA) is 60.1 Å². The summed E-state index contributed by atoms with van der Waals surface area (Å²) in [6, 6.07) is 4.90. The SMILES string of the molecule is N=NC(Cl)CC(=N)c1ccc(Cl)c(Cl)c1. The standard InChI is InChI=1S/C9H8Cl3N3/c10-6-2-1-5(3-7(6)11)8(13)4-9(12)15-14/h1-3,9,13-14H,4H2. The number of nitrogens with zero attached hydrogens (tertiary/aromatic N) is 1. The minimum Gasteiger partial charge on any atom is -0.305 e. The third kappa shape index (κ3) is 3.45. The molecule has 1 rings (SSSR count). The van der Waals surface area contributed by atoms with Gasteiger partial charge >= 0.3 is 0 Å². The van der Waals surface area contributed by atoms with Crippen molar-refractivity contribution in [3.8, 4) is 0 Å². The third-order valence-electron chi connectivity index (χ3n) is 1.78. The molecule has 0 aliphatic heterocycles. The number of halogens is 3. The van der Waals surface area contributed by atoms with Crippen molar-refractivity contribution >= 4 is 40.5 Å². The number of hydrogen-bond acceptors (Lipinski definition) is 3. The summed E-state index contributed by atoms with van der Waals surface area (Å²) in [6.07, 6.45) is 0.197. The lowest BCUT2D eigenvalue weighted by molar-refractivity contribution is 0.837. The highest BCUT2D eigenvalue weighted by Gasteiger charge is 2.09. The van der Waals surface area contributed by atoms with Crippen LogP contribution in [0.25, 0.3) is 0 Å². The smallest absolute Gasteiger partial charge is 0.149 e. The molecule has 1 aromatic carbocycles. The van der Waals surface area contributed by atoms with Crippen LogP contribution >= 0.6 is 34.8 Å². The highest BCUT2D eigenvalue weighted by atomic mass is 35.5. The molecular weight excluding hydrogens is 256 g/mol. The van der Waals surface area contributed by atoms with Gasteiger partial charge in [-0.3, -0.25) is 0 Å². The highest BCUT2D eigenvalue weighted by molar-refractivity contribution is 6.42. The molecule has 0 radical (unpaired) electrons. The van der Waals surface area contributed by atoms with Crippen LogP contribution in [0.15, 0.2) is 23.3 Å². The van der Waals surface area contributed by atoms with Gasteiger partial charge in [-0.2, -0.15) is 5.11 Å². The molecular formula is C9H8Cl3N3. The fraction of sp³-hybridized carbons (Fsp3) is 0.222. The zero-order valence-electron chi connectivity index (χ0n) is 7.60. The monoisotopic (exact) mass is 263 g/mol. The van der Waals surface area contributed by atoms with Crippen LogP contribution in [0.4, 0.5) is 0 Å². The Bertz CT molecular complexity index is 392. The van der Waals surface area contributed by atoms with Gasteiger partial charge in [-0.25, -0.2) is 5.53 Å². The summed E-state index contributed by atoms with van der Waals surface area (Å²) in [4.78, 5) is 0. The van der Waals surface area contributed by atoms with Crippen molar-refractivity contribution in [2.24, 2.45) is 5.11 Å². The average molecular weight is 265 g/mol. The number of rotatable bonds is 4. The van der Waals surface area contributed by atoms with E-state index in [4.69, 9.17) is 45.7 Å². The number of benzene rings is 1. The second kappa shape index (κ2) is 5.45. The molecule has 0 aliphatic rings. The van der Waals surface area contributed by atoms with Gasteiger partial charge in [0.15, 0.2) is 0 Å². The van der Waals surface area contributed by atoms with Crippen molar-refractivity contribution < 1.29 is 0 Å². The average Bonchev–Trinajstić information content (AvgIpc) is 2.21. The molecule has 15 heavy (non-hydrogen) atoms. The summed E-state index contributed by atoms with van der Waals surface area (Å²) in [5.41, 5.74) is 6.91. The van der Waals surface area contributed by atoms with E-state index in [-0.39, 0.29) is 12.1 Å². The molecule has 1 aromatic rings. The molecule has 0 saturated heterocycles. The van der Waals surface area contributed by atoms with Crippen molar-refractivity contribution in [2.45, 2.75) is 11.9 Å². The first kappa shape index (κ1) is 12.4. The molecule has 0 spiro atoms. The lowest BCUT2D eigenvalue weighted by atomic mass is 10.1. The third-order valence-corrected chi connectivity index (χ3v) is 2.77. The lowest BCUT2D eigenvalue weighted by Crippen LogP contribution is -2.06. The molecule has 0 bridgehead atoms. The fourth-order valence-corrected chi connectivity index (χ4v) is 1.47. The molecule has 0 fully saturated rings. The summed E-state index contributed by atoms with van der Waals surface area (Å²) in [5, 5.41) is 11.7. The summed E-state index contributed by atoms with van der Waals surface area (Å²) >= 11 is 17.2. The van der Waals surface area contributed by atoms with Crippen molar-refractivity contribution in [2.75, 3.05) is 0 Å². The van der Waals surface area contributed by atoms with Gasteiger partial charge in [0.05, 0.1) is 10.0 Å². The molecule has 0 aliphatic carbocycles.